The van der Waals surface area contributed by atoms with Crippen molar-refractivity contribution in [1.82, 2.24) is 0 Å². The summed E-state index contributed by atoms with van der Waals surface area (Å²) >= 11 is 0. The van der Waals surface area contributed by atoms with Crippen LogP contribution in [0.4, 0.5) is 0 Å². The van der Waals surface area contributed by atoms with Crippen molar-refractivity contribution in [2.24, 2.45) is 0 Å². The van der Waals surface area contributed by atoms with Crippen LogP contribution in [0.2, 0.25) is 0 Å². The van der Waals surface area contributed by atoms with Gasteiger partial charge in [-0.2, -0.15) is 0 Å². The summed E-state index contributed by atoms with van der Waals surface area (Å²) in [5.41, 5.74) is -1.50. The molecule has 0 fully saturated rings. The average Bonchev–Trinajstić information content (AvgIpc) is 1.12. The molecule has 0 N–H and O–H groups in total. The quantitative estimate of drug-likeness (QED) is 0.359. The monoisotopic (exact) mass is 192 g/mol. The maximum absolute atomic E-state index is 10.1. The van der Waals surface area contributed by atoms with Gasteiger partial charge >= 0.3 is 70.2 Å². The molecule has 0 saturated carbocycles. The zero-order valence-electron chi connectivity index (χ0n) is 9.82. The maximum atomic E-state index is 10.1. The van der Waals surface area contributed by atoms with Crippen LogP contribution in [0.3, 0.4) is 0 Å². The van der Waals surface area contributed by atoms with Crippen molar-refractivity contribution in [2.75, 3.05) is 0 Å². The van der Waals surface area contributed by atoms with E-state index in [1.165, 1.54) is 0 Å². The van der Waals surface area contributed by atoms with Gasteiger partial charge in [-0.1, -0.05) is 41.5 Å². The first kappa shape index (κ1) is 23.8. The second-order valence-electron chi connectivity index (χ2n) is 4.22. The molecule has 12 heavy (non-hydrogen) atoms. The molecule has 0 amide bonds. The first-order valence-electron chi connectivity index (χ1n) is 3.41. The van der Waals surface area contributed by atoms with E-state index in [-0.39, 0.29) is 70.2 Å². The molecule has 0 unspecified atom stereocenters. The van der Waals surface area contributed by atoms with Crippen molar-refractivity contribution < 1.29 is 80.5 Å². The topological polar surface area (TPSA) is 46.1 Å². The molecule has 0 spiro atoms. The predicted octanol–water partition coefficient (Wildman–Crippen LogP) is -5.70. The van der Waals surface area contributed by atoms with E-state index in [0.29, 0.717) is 0 Å². The van der Waals surface area contributed by atoms with Crippen molar-refractivity contribution >= 4 is 0 Å². The first-order chi connectivity index (χ1) is 4.00. The van der Waals surface area contributed by atoms with Crippen LogP contribution in [0.5, 0.6) is 0 Å². The van der Waals surface area contributed by atoms with Crippen molar-refractivity contribution in [3.05, 3.63) is 0 Å². The Kier molecular flexibility index (Phi) is 19.2. The standard InChI is InChI=1S/2C4H9O.K.Li/c2*1-4(2,3)5;;/h2*1-3H3;;/q2*-1;2*+1. The second-order valence-corrected chi connectivity index (χ2v) is 4.22. The zero-order valence-corrected chi connectivity index (χ0v) is 12.9. The van der Waals surface area contributed by atoms with Gasteiger partial charge in [0.15, 0.2) is 0 Å². The van der Waals surface area contributed by atoms with E-state index in [2.05, 4.69) is 0 Å². The van der Waals surface area contributed by atoms with Gasteiger partial charge in [-0.25, -0.2) is 0 Å². The SMILES string of the molecule is CC(C)(C)[O-].CC(C)(C)[O-].[K+].[Li+]. The fourth-order valence-corrected chi connectivity index (χ4v) is 0. The van der Waals surface area contributed by atoms with Crippen LogP contribution in [0.25, 0.3) is 0 Å². The fraction of sp³-hybridized carbons (Fsp3) is 1.00. The molecule has 0 aromatic rings. The summed E-state index contributed by atoms with van der Waals surface area (Å²) in [6.07, 6.45) is 0. The van der Waals surface area contributed by atoms with Crippen molar-refractivity contribution in [3.63, 3.8) is 0 Å². The van der Waals surface area contributed by atoms with Gasteiger partial charge in [0, 0.05) is 0 Å². The van der Waals surface area contributed by atoms with Gasteiger partial charge in [0.05, 0.1) is 0 Å². The molecule has 0 atom stereocenters. The van der Waals surface area contributed by atoms with Gasteiger partial charge in [0.25, 0.3) is 0 Å². The van der Waals surface area contributed by atoms with Crippen molar-refractivity contribution in [3.8, 4) is 0 Å². The Bertz CT molecular complexity index is 60.0. The Labute approximate surface area is 131 Å². The van der Waals surface area contributed by atoms with E-state index in [0.717, 1.165) is 0 Å². The number of hydrogen-bond donors (Lipinski definition) is 0. The molecule has 0 aromatic heterocycles. The number of hydrogen-bond acceptors (Lipinski definition) is 2. The minimum absolute atomic E-state index is 0. The van der Waals surface area contributed by atoms with Crippen LogP contribution >= 0.6 is 0 Å². The van der Waals surface area contributed by atoms with E-state index < -0.39 is 11.2 Å². The molecule has 0 aliphatic carbocycles. The number of rotatable bonds is 0. The van der Waals surface area contributed by atoms with Gasteiger partial charge in [-0.15, -0.1) is 11.2 Å². The molecule has 0 aromatic carbocycles. The summed E-state index contributed by atoms with van der Waals surface area (Å²) in [6, 6.07) is 0. The normalized spacial score (nSPS) is 10.0. The Morgan fingerprint density at radius 1 is 0.667 bits per heavy atom. The van der Waals surface area contributed by atoms with E-state index in [4.69, 9.17) is 0 Å². The molecular formula is C8H18KLiO2. The van der Waals surface area contributed by atoms with Gasteiger partial charge in [-0.05, 0) is 0 Å². The fourth-order valence-electron chi connectivity index (χ4n) is 0. The Morgan fingerprint density at radius 2 is 0.667 bits per heavy atom. The Balaban J connectivity index is -0.0000000457. The summed E-state index contributed by atoms with van der Waals surface area (Å²) in [4.78, 5) is 0. The summed E-state index contributed by atoms with van der Waals surface area (Å²) < 4.78 is 0. The third kappa shape index (κ3) is 326. The van der Waals surface area contributed by atoms with Gasteiger partial charge in [-0.3, -0.25) is 0 Å². The van der Waals surface area contributed by atoms with Gasteiger partial charge in [0.2, 0.25) is 0 Å². The summed E-state index contributed by atoms with van der Waals surface area (Å²) in [5.74, 6) is 0. The minimum atomic E-state index is -0.750. The molecule has 4 heteroatoms. The van der Waals surface area contributed by atoms with E-state index >= 15 is 0 Å². The molecule has 0 radical (unpaired) electrons. The molecule has 0 heterocycles. The van der Waals surface area contributed by atoms with Crippen LogP contribution in [0, 0.1) is 0 Å². The molecular weight excluding hydrogens is 174 g/mol. The van der Waals surface area contributed by atoms with Gasteiger partial charge < -0.3 is 10.2 Å². The third-order valence-electron chi connectivity index (χ3n) is 0. The second kappa shape index (κ2) is 9.70. The van der Waals surface area contributed by atoms with E-state index in [1.807, 2.05) is 0 Å². The van der Waals surface area contributed by atoms with Crippen LogP contribution in [0.1, 0.15) is 41.5 Å². The Morgan fingerprint density at radius 3 is 0.667 bits per heavy atom. The molecule has 0 rings (SSSR count). The van der Waals surface area contributed by atoms with Crippen LogP contribution in [0.15, 0.2) is 0 Å². The third-order valence-corrected chi connectivity index (χ3v) is 0. The maximum Gasteiger partial charge on any atom is 1.00 e. The molecule has 2 nitrogen and oxygen atoms in total. The van der Waals surface area contributed by atoms with Crippen LogP contribution in [-0.4, -0.2) is 11.2 Å². The molecule has 0 aliphatic rings. The van der Waals surface area contributed by atoms with Crippen molar-refractivity contribution in [2.45, 2.75) is 52.7 Å². The summed E-state index contributed by atoms with van der Waals surface area (Å²) in [5, 5.41) is 20.2. The van der Waals surface area contributed by atoms with Gasteiger partial charge in [0.1, 0.15) is 0 Å². The summed E-state index contributed by atoms with van der Waals surface area (Å²) in [7, 11) is 0. The van der Waals surface area contributed by atoms with Crippen LogP contribution in [-0.2, 0) is 0 Å². The zero-order chi connectivity index (χ0) is 9.00. The predicted molar refractivity (Wildman–Crippen MR) is 39.5 cm³/mol. The minimum Gasteiger partial charge on any atom is -0.850 e. The largest absolute Gasteiger partial charge is 1.00 e. The Hall–Kier alpha value is 2.15. The summed E-state index contributed by atoms with van der Waals surface area (Å²) in [6.45, 7) is 9.79. The van der Waals surface area contributed by atoms with E-state index in [9.17, 15) is 10.2 Å². The smallest absolute Gasteiger partial charge is 0.850 e. The molecule has 0 saturated heterocycles. The van der Waals surface area contributed by atoms with E-state index in [1.54, 1.807) is 41.5 Å². The molecule has 0 aliphatic heterocycles. The molecule has 64 valence electrons. The van der Waals surface area contributed by atoms with Crippen LogP contribution < -0.4 is 80.5 Å². The van der Waals surface area contributed by atoms with Crippen molar-refractivity contribution in [1.29, 1.82) is 0 Å². The molecule has 0 bridgehead atoms. The first-order valence-corrected chi connectivity index (χ1v) is 3.41. The average molecular weight is 192 g/mol.